The Kier molecular flexibility index (Phi) is 9.00. The van der Waals surface area contributed by atoms with E-state index in [2.05, 4.69) is 33.4 Å². The van der Waals surface area contributed by atoms with Crippen molar-refractivity contribution in [2.45, 2.75) is 61.3 Å². The topological polar surface area (TPSA) is 40.9 Å². The second kappa shape index (κ2) is 9.88. The number of benzene rings is 1. The van der Waals surface area contributed by atoms with E-state index in [0.717, 1.165) is 29.5 Å². The molecule has 0 saturated heterocycles. The molecule has 0 saturated carbocycles. The molecule has 24 heavy (non-hydrogen) atoms. The Balaban J connectivity index is 0.000000381. The van der Waals surface area contributed by atoms with Gasteiger partial charge in [0.2, 0.25) is 0 Å². The van der Waals surface area contributed by atoms with Crippen LogP contribution in [0.1, 0.15) is 64.2 Å². The van der Waals surface area contributed by atoms with Gasteiger partial charge in [-0.1, -0.05) is 43.2 Å². The zero-order chi connectivity index (χ0) is 18.9. The van der Waals surface area contributed by atoms with Crippen molar-refractivity contribution < 1.29 is 4.79 Å². The number of hydrogen-bond donors (Lipinski definition) is 0. The number of nitrogens with zero attached hydrogens (tertiary/aromatic N) is 1. The third-order valence-electron chi connectivity index (χ3n) is 3.94. The van der Waals surface area contributed by atoms with E-state index < -0.39 is 0 Å². The van der Waals surface area contributed by atoms with Crippen LogP contribution in [-0.2, 0) is 4.79 Å². The fourth-order valence-corrected chi connectivity index (χ4v) is 2.66. The molecule has 0 amide bonds. The molecule has 130 valence electrons. The highest BCUT2D eigenvalue weighted by Crippen LogP contribution is 2.36. The van der Waals surface area contributed by atoms with Crippen LogP contribution in [-0.4, -0.2) is 5.78 Å². The fourth-order valence-electron chi connectivity index (χ4n) is 2.66. The standard InChI is InChI=1S/C10H16O.C9H9N.C3H6/c1-7-5-10(3,4)6-9(11)8(7)2;1-7-3-4-9(6-10)8(2)5-7;1-3-2/h5-6H2,1-4H3;3-5H,1-2H3;3H,1H2,2H3. The van der Waals surface area contributed by atoms with Crippen molar-refractivity contribution in [1.82, 2.24) is 0 Å². The Morgan fingerprint density at radius 2 is 1.71 bits per heavy atom. The molecule has 1 aliphatic carbocycles. The van der Waals surface area contributed by atoms with E-state index >= 15 is 0 Å². The van der Waals surface area contributed by atoms with Gasteiger partial charge in [0.25, 0.3) is 0 Å². The van der Waals surface area contributed by atoms with Gasteiger partial charge in [0, 0.05) is 6.42 Å². The Morgan fingerprint density at radius 1 is 1.17 bits per heavy atom. The molecule has 0 spiro atoms. The minimum absolute atomic E-state index is 0.195. The Labute approximate surface area is 147 Å². The second-order valence-corrected chi connectivity index (χ2v) is 7.18. The summed E-state index contributed by atoms with van der Waals surface area (Å²) >= 11 is 0. The molecule has 0 aliphatic heterocycles. The molecule has 1 aromatic carbocycles. The minimum Gasteiger partial charge on any atom is -0.295 e. The van der Waals surface area contributed by atoms with Crippen molar-refractivity contribution in [3.8, 4) is 6.07 Å². The van der Waals surface area contributed by atoms with Gasteiger partial charge >= 0.3 is 0 Å². The molecule has 0 radical (unpaired) electrons. The van der Waals surface area contributed by atoms with Crippen LogP contribution in [0.3, 0.4) is 0 Å². The summed E-state index contributed by atoms with van der Waals surface area (Å²) in [4.78, 5) is 11.4. The first-order chi connectivity index (χ1) is 11.1. The summed E-state index contributed by atoms with van der Waals surface area (Å²) in [5.74, 6) is 0.332. The average molecular weight is 325 g/mol. The monoisotopic (exact) mass is 325 g/mol. The molecule has 2 rings (SSSR count). The Hall–Kier alpha value is -2.14. The molecule has 0 fully saturated rings. The van der Waals surface area contributed by atoms with E-state index in [-0.39, 0.29) is 5.41 Å². The maximum absolute atomic E-state index is 11.4. The number of hydrogen-bond acceptors (Lipinski definition) is 2. The van der Waals surface area contributed by atoms with Crippen LogP contribution in [0.15, 0.2) is 42.0 Å². The van der Waals surface area contributed by atoms with E-state index in [1.807, 2.05) is 45.9 Å². The van der Waals surface area contributed by atoms with Crippen molar-refractivity contribution in [3.05, 3.63) is 58.7 Å². The lowest BCUT2D eigenvalue weighted by atomic mass is 9.74. The zero-order valence-corrected chi connectivity index (χ0v) is 16.3. The number of carbonyl (C=O) groups is 1. The summed E-state index contributed by atoms with van der Waals surface area (Å²) in [5.41, 5.74) is 5.49. The predicted molar refractivity (Wildman–Crippen MR) is 103 cm³/mol. The molecule has 1 aliphatic rings. The SMILES string of the molecule is C=CC.CC1=C(C)C(=O)CC(C)(C)C1.Cc1ccc(C#N)c(C)c1. The molecular formula is C22H31NO. The normalized spacial score (nSPS) is 15.3. The number of allylic oxidation sites excluding steroid dienone is 3. The van der Waals surface area contributed by atoms with E-state index in [0.29, 0.717) is 5.78 Å². The van der Waals surface area contributed by atoms with Gasteiger partial charge in [0.1, 0.15) is 0 Å². The van der Waals surface area contributed by atoms with Crippen LogP contribution in [0.2, 0.25) is 0 Å². The van der Waals surface area contributed by atoms with E-state index in [1.165, 1.54) is 11.1 Å². The van der Waals surface area contributed by atoms with Crippen molar-refractivity contribution in [3.63, 3.8) is 0 Å². The van der Waals surface area contributed by atoms with Crippen LogP contribution < -0.4 is 0 Å². The van der Waals surface area contributed by atoms with Crippen molar-refractivity contribution in [2.24, 2.45) is 5.41 Å². The number of ketones is 1. The van der Waals surface area contributed by atoms with Crippen molar-refractivity contribution >= 4 is 5.78 Å². The summed E-state index contributed by atoms with van der Waals surface area (Å²) in [5, 5.41) is 8.56. The number of aryl methyl sites for hydroxylation is 2. The zero-order valence-electron chi connectivity index (χ0n) is 16.3. The Bertz CT molecular complexity index is 657. The lowest BCUT2D eigenvalue weighted by Gasteiger charge is -2.29. The molecule has 2 heteroatoms. The van der Waals surface area contributed by atoms with E-state index in [4.69, 9.17) is 5.26 Å². The maximum Gasteiger partial charge on any atom is 0.159 e. The predicted octanol–water partition coefficient (Wildman–Crippen LogP) is 6.08. The van der Waals surface area contributed by atoms with Gasteiger partial charge in [0.15, 0.2) is 5.78 Å². The van der Waals surface area contributed by atoms with Crippen LogP contribution in [0, 0.1) is 30.6 Å². The second-order valence-electron chi connectivity index (χ2n) is 7.18. The van der Waals surface area contributed by atoms with Crippen LogP contribution in [0.4, 0.5) is 0 Å². The third-order valence-corrected chi connectivity index (χ3v) is 3.94. The number of rotatable bonds is 0. The van der Waals surface area contributed by atoms with Gasteiger partial charge in [0.05, 0.1) is 11.6 Å². The van der Waals surface area contributed by atoms with Gasteiger partial charge < -0.3 is 0 Å². The summed E-state index contributed by atoms with van der Waals surface area (Å²) in [7, 11) is 0. The van der Waals surface area contributed by atoms with Crippen LogP contribution >= 0.6 is 0 Å². The smallest absolute Gasteiger partial charge is 0.159 e. The Morgan fingerprint density at radius 3 is 2.12 bits per heavy atom. The quantitative estimate of drug-likeness (QED) is 0.542. The van der Waals surface area contributed by atoms with Crippen molar-refractivity contribution in [1.29, 1.82) is 5.26 Å². The first kappa shape index (κ1) is 21.9. The summed E-state index contributed by atoms with van der Waals surface area (Å²) in [6, 6.07) is 7.94. The first-order valence-corrected chi connectivity index (χ1v) is 8.32. The highest BCUT2D eigenvalue weighted by atomic mass is 16.1. The summed E-state index contributed by atoms with van der Waals surface area (Å²) in [6.07, 6.45) is 3.54. The molecule has 0 bridgehead atoms. The van der Waals surface area contributed by atoms with Crippen molar-refractivity contribution in [2.75, 3.05) is 0 Å². The lowest BCUT2D eigenvalue weighted by Crippen LogP contribution is -2.23. The van der Waals surface area contributed by atoms with Crippen LogP contribution in [0.25, 0.3) is 0 Å². The van der Waals surface area contributed by atoms with E-state index in [1.54, 1.807) is 6.08 Å². The average Bonchev–Trinajstić information content (AvgIpc) is 2.45. The van der Waals surface area contributed by atoms with Gasteiger partial charge in [-0.05, 0) is 63.7 Å². The maximum atomic E-state index is 11.4. The minimum atomic E-state index is 0.195. The number of nitriles is 1. The van der Waals surface area contributed by atoms with E-state index in [9.17, 15) is 4.79 Å². The number of Topliss-reactive ketones (excluding diaryl/α,β-unsaturated/α-hetero) is 1. The molecular weight excluding hydrogens is 294 g/mol. The van der Waals surface area contributed by atoms with Gasteiger partial charge in [-0.2, -0.15) is 5.26 Å². The molecule has 0 N–H and O–H groups in total. The molecule has 2 nitrogen and oxygen atoms in total. The molecule has 1 aromatic rings. The largest absolute Gasteiger partial charge is 0.295 e. The third kappa shape index (κ3) is 7.42. The molecule has 0 aromatic heterocycles. The van der Waals surface area contributed by atoms with Gasteiger partial charge in [-0.15, -0.1) is 6.58 Å². The van der Waals surface area contributed by atoms with Gasteiger partial charge in [-0.3, -0.25) is 4.79 Å². The lowest BCUT2D eigenvalue weighted by molar-refractivity contribution is -0.118. The van der Waals surface area contributed by atoms with Gasteiger partial charge in [-0.25, -0.2) is 0 Å². The molecule has 0 heterocycles. The summed E-state index contributed by atoms with van der Waals surface area (Å²) < 4.78 is 0. The molecule has 0 unspecified atom stereocenters. The highest BCUT2D eigenvalue weighted by molar-refractivity contribution is 5.96. The van der Waals surface area contributed by atoms with Crippen LogP contribution in [0.5, 0.6) is 0 Å². The highest BCUT2D eigenvalue weighted by Gasteiger charge is 2.28. The number of carbonyl (C=O) groups excluding carboxylic acids is 1. The summed E-state index contributed by atoms with van der Waals surface area (Å²) in [6.45, 7) is 17.5. The first-order valence-electron chi connectivity index (χ1n) is 8.32. The fraction of sp³-hybridized carbons (Fsp3) is 0.455. The molecule has 0 atom stereocenters.